The summed E-state index contributed by atoms with van der Waals surface area (Å²) >= 11 is 0. The molecule has 1 saturated carbocycles. The molecule has 1 heterocycles. The lowest BCUT2D eigenvalue weighted by atomic mass is 9.77. The smallest absolute Gasteiger partial charge is 0.410 e. The standard InChI is InChI=1S/C15H23NO3/c1-5-6-11-7-15(8-12(11)17)9-16(10-15)13(18)19-14(2,3)4/h5,11H,1,6-10H2,2-4H3. The fraction of sp³-hybridized carbons (Fsp3) is 0.733. The summed E-state index contributed by atoms with van der Waals surface area (Å²) in [4.78, 5) is 25.5. The predicted octanol–water partition coefficient (Wildman–Crippen LogP) is 2.78. The molecule has 0 aromatic heterocycles. The number of ether oxygens (including phenoxy) is 1. The third-order valence-electron chi connectivity index (χ3n) is 3.84. The molecular formula is C15H23NO3. The van der Waals surface area contributed by atoms with Gasteiger partial charge in [0, 0.05) is 30.8 Å². The van der Waals surface area contributed by atoms with Crippen LogP contribution in [0.15, 0.2) is 12.7 Å². The SMILES string of the molecule is C=CCC1CC2(CC1=O)CN(C(=O)OC(C)(C)C)C2. The lowest BCUT2D eigenvalue weighted by Crippen LogP contribution is -2.58. The molecule has 106 valence electrons. The number of carbonyl (C=O) groups excluding carboxylic acids is 2. The molecule has 0 aromatic carbocycles. The Hall–Kier alpha value is -1.32. The second-order valence-electron chi connectivity index (χ2n) is 6.90. The molecule has 1 amide bonds. The highest BCUT2D eigenvalue weighted by atomic mass is 16.6. The molecule has 1 aliphatic carbocycles. The summed E-state index contributed by atoms with van der Waals surface area (Å²) in [5.74, 6) is 0.432. The minimum absolute atomic E-state index is 0.0155. The Bertz CT molecular complexity index is 402. The van der Waals surface area contributed by atoms with Gasteiger partial charge in [-0.15, -0.1) is 6.58 Å². The van der Waals surface area contributed by atoms with Gasteiger partial charge in [-0.25, -0.2) is 4.79 Å². The van der Waals surface area contributed by atoms with Crippen molar-refractivity contribution in [2.45, 2.75) is 45.6 Å². The summed E-state index contributed by atoms with van der Waals surface area (Å²) in [5.41, 5.74) is -0.446. The number of ketones is 1. The van der Waals surface area contributed by atoms with E-state index in [4.69, 9.17) is 4.74 Å². The van der Waals surface area contributed by atoms with Gasteiger partial charge in [-0.3, -0.25) is 4.79 Å². The van der Waals surface area contributed by atoms with Crippen LogP contribution in [0.4, 0.5) is 4.79 Å². The van der Waals surface area contributed by atoms with Crippen LogP contribution in [-0.2, 0) is 9.53 Å². The highest BCUT2D eigenvalue weighted by Crippen LogP contribution is 2.47. The molecule has 1 aliphatic heterocycles. The van der Waals surface area contributed by atoms with E-state index in [2.05, 4.69) is 6.58 Å². The van der Waals surface area contributed by atoms with Gasteiger partial charge in [-0.2, -0.15) is 0 Å². The van der Waals surface area contributed by atoms with Gasteiger partial charge in [-0.1, -0.05) is 6.08 Å². The van der Waals surface area contributed by atoms with Gasteiger partial charge >= 0.3 is 6.09 Å². The van der Waals surface area contributed by atoms with Gasteiger partial charge in [0.1, 0.15) is 11.4 Å². The predicted molar refractivity (Wildman–Crippen MR) is 72.8 cm³/mol. The van der Waals surface area contributed by atoms with Crippen molar-refractivity contribution in [1.82, 2.24) is 4.90 Å². The first kappa shape index (κ1) is 14.1. The summed E-state index contributed by atoms with van der Waals surface area (Å²) in [7, 11) is 0. The van der Waals surface area contributed by atoms with Crippen molar-refractivity contribution >= 4 is 11.9 Å². The van der Waals surface area contributed by atoms with Crippen LogP contribution >= 0.6 is 0 Å². The molecule has 0 N–H and O–H groups in total. The zero-order chi connectivity index (χ0) is 14.3. The highest BCUT2D eigenvalue weighted by molar-refractivity contribution is 5.85. The molecule has 1 atom stereocenters. The average molecular weight is 265 g/mol. The van der Waals surface area contributed by atoms with Gasteiger partial charge in [0.05, 0.1) is 0 Å². The van der Waals surface area contributed by atoms with E-state index in [-0.39, 0.29) is 17.4 Å². The van der Waals surface area contributed by atoms with Gasteiger partial charge in [0.2, 0.25) is 0 Å². The monoisotopic (exact) mass is 265 g/mol. The second-order valence-corrected chi connectivity index (χ2v) is 6.90. The van der Waals surface area contributed by atoms with Crippen molar-refractivity contribution in [1.29, 1.82) is 0 Å². The summed E-state index contributed by atoms with van der Waals surface area (Å²) < 4.78 is 5.33. The quantitative estimate of drug-likeness (QED) is 0.721. The molecule has 2 aliphatic rings. The van der Waals surface area contributed by atoms with Crippen molar-refractivity contribution in [3.8, 4) is 0 Å². The fourth-order valence-electron chi connectivity index (χ4n) is 3.10. The molecular weight excluding hydrogens is 242 g/mol. The minimum Gasteiger partial charge on any atom is -0.444 e. The number of likely N-dealkylation sites (tertiary alicyclic amines) is 1. The number of allylic oxidation sites excluding steroid dienone is 1. The molecule has 1 saturated heterocycles. The highest BCUT2D eigenvalue weighted by Gasteiger charge is 2.53. The molecule has 2 rings (SSSR count). The third kappa shape index (κ3) is 2.99. The minimum atomic E-state index is -0.462. The summed E-state index contributed by atoms with van der Waals surface area (Å²) in [6, 6.07) is 0. The molecule has 2 fully saturated rings. The van der Waals surface area contributed by atoms with Crippen molar-refractivity contribution in [3.63, 3.8) is 0 Å². The van der Waals surface area contributed by atoms with Crippen LogP contribution in [0.25, 0.3) is 0 Å². The van der Waals surface area contributed by atoms with Crippen LogP contribution in [0, 0.1) is 11.3 Å². The van der Waals surface area contributed by atoms with Crippen LogP contribution in [0.1, 0.15) is 40.0 Å². The van der Waals surface area contributed by atoms with E-state index >= 15 is 0 Å². The maximum atomic E-state index is 11.9. The number of amides is 1. The zero-order valence-electron chi connectivity index (χ0n) is 12.1. The second kappa shape index (κ2) is 4.66. The number of nitrogens with zero attached hydrogens (tertiary/aromatic N) is 1. The number of rotatable bonds is 2. The fourth-order valence-corrected chi connectivity index (χ4v) is 3.10. The van der Waals surface area contributed by atoms with Gasteiger partial charge < -0.3 is 9.64 Å². The molecule has 0 radical (unpaired) electrons. The molecule has 1 unspecified atom stereocenters. The average Bonchev–Trinajstić information content (AvgIpc) is 2.52. The Kier molecular flexibility index (Phi) is 3.45. The van der Waals surface area contributed by atoms with Crippen LogP contribution in [-0.4, -0.2) is 35.5 Å². The maximum absolute atomic E-state index is 11.9. The normalized spacial score (nSPS) is 25.3. The molecule has 4 nitrogen and oxygen atoms in total. The lowest BCUT2D eigenvalue weighted by Gasteiger charge is -2.47. The van der Waals surface area contributed by atoms with E-state index in [0.717, 1.165) is 12.8 Å². The first-order chi connectivity index (χ1) is 8.75. The summed E-state index contributed by atoms with van der Waals surface area (Å²) in [5, 5.41) is 0. The molecule has 4 heteroatoms. The Morgan fingerprint density at radius 3 is 2.68 bits per heavy atom. The van der Waals surface area contributed by atoms with Crippen molar-refractivity contribution in [3.05, 3.63) is 12.7 Å². The van der Waals surface area contributed by atoms with Gasteiger partial charge in [-0.05, 0) is 33.6 Å². The van der Waals surface area contributed by atoms with E-state index in [0.29, 0.717) is 25.3 Å². The van der Waals surface area contributed by atoms with Crippen LogP contribution in [0.2, 0.25) is 0 Å². The maximum Gasteiger partial charge on any atom is 0.410 e. The van der Waals surface area contributed by atoms with Crippen molar-refractivity contribution < 1.29 is 14.3 Å². The number of hydrogen-bond donors (Lipinski definition) is 0. The summed E-state index contributed by atoms with van der Waals surface area (Å²) in [6.45, 7) is 10.6. The van der Waals surface area contributed by atoms with Crippen molar-refractivity contribution in [2.75, 3.05) is 13.1 Å². The van der Waals surface area contributed by atoms with E-state index in [1.54, 1.807) is 4.90 Å². The van der Waals surface area contributed by atoms with Gasteiger partial charge in [0.25, 0.3) is 0 Å². The molecule has 0 bridgehead atoms. The lowest BCUT2D eigenvalue weighted by molar-refractivity contribution is -0.121. The van der Waals surface area contributed by atoms with E-state index in [1.165, 1.54) is 0 Å². The topological polar surface area (TPSA) is 46.6 Å². The van der Waals surface area contributed by atoms with Crippen molar-refractivity contribution in [2.24, 2.45) is 11.3 Å². The number of Topliss-reactive ketones (excluding diaryl/α,β-unsaturated/α-hetero) is 1. The Labute approximate surface area is 114 Å². The molecule has 0 aromatic rings. The first-order valence-electron chi connectivity index (χ1n) is 6.86. The van der Waals surface area contributed by atoms with Crippen LogP contribution < -0.4 is 0 Å². The first-order valence-corrected chi connectivity index (χ1v) is 6.86. The zero-order valence-corrected chi connectivity index (χ0v) is 12.1. The van der Waals surface area contributed by atoms with Crippen LogP contribution in [0.5, 0.6) is 0 Å². The van der Waals surface area contributed by atoms with Crippen LogP contribution in [0.3, 0.4) is 0 Å². The molecule has 19 heavy (non-hydrogen) atoms. The van der Waals surface area contributed by atoms with E-state index in [9.17, 15) is 9.59 Å². The Balaban J connectivity index is 1.88. The van der Waals surface area contributed by atoms with Gasteiger partial charge in [0.15, 0.2) is 0 Å². The Morgan fingerprint density at radius 2 is 2.16 bits per heavy atom. The van der Waals surface area contributed by atoms with E-state index in [1.807, 2.05) is 26.8 Å². The summed E-state index contributed by atoms with van der Waals surface area (Å²) in [6.07, 6.45) is 3.79. The van der Waals surface area contributed by atoms with E-state index < -0.39 is 5.60 Å². The number of hydrogen-bond acceptors (Lipinski definition) is 3. The number of carbonyl (C=O) groups is 2. The third-order valence-corrected chi connectivity index (χ3v) is 3.84. The Morgan fingerprint density at radius 1 is 1.53 bits per heavy atom. The largest absolute Gasteiger partial charge is 0.444 e. The molecule has 1 spiro atoms.